The zero-order valence-electron chi connectivity index (χ0n) is 9.91. The number of hydrogen-bond acceptors (Lipinski definition) is 4. The van der Waals surface area contributed by atoms with Gasteiger partial charge in [0.05, 0.1) is 24.5 Å². The summed E-state index contributed by atoms with van der Waals surface area (Å²) < 4.78 is 30.6. The van der Waals surface area contributed by atoms with Gasteiger partial charge in [-0.15, -0.1) is 0 Å². The summed E-state index contributed by atoms with van der Waals surface area (Å²) in [6.45, 7) is 4.22. The Balaban J connectivity index is 1.88. The van der Waals surface area contributed by atoms with Crippen LogP contribution in [0.25, 0.3) is 0 Å². The fourth-order valence-electron chi connectivity index (χ4n) is 1.59. The Labute approximate surface area is 101 Å². The van der Waals surface area contributed by atoms with Gasteiger partial charge in [0.2, 0.25) is 10.0 Å². The minimum atomic E-state index is -3.13. The highest BCUT2D eigenvalue weighted by Crippen LogP contribution is 2.21. The van der Waals surface area contributed by atoms with E-state index in [-0.39, 0.29) is 11.4 Å². The third-order valence-corrected chi connectivity index (χ3v) is 4.92. The van der Waals surface area contributed by atoms with Crippen molar-refractivity contribution in [1.29, 1.82) is 0 Å². The monoisotopic (exact) mass is 256 g/mol. The predicted octanol–water partition coefficient (Wildman–Crippen LogP) is 0.883. The van der Waals surface area contributed by atoms with Crippen LogP contribution in [0.2, 0.25) is 0 Å². The number of pyridine rings is 1. The van der Waals surface area contributed by atoms with Gasteiger partial charge >= 0.3 is 0 Å². The van der Waals surface area contributed by atoms with E-state index in [2.05, 4.69) is 4.98 Å². The molecule has 5 nitrogen and oxygen atoms in total. The molecular formula is C11H16N2O3S. The molecule has 2 heterocycles. The SMILES string of the molecule is CC(C)S(=O)(=O)N1CC(Oc2cccnc2)C1. The van der Waals surface area contributed by atoms with Crippen molar-refractivity contribution >= 4 is 10.0 Å². The van der Waals surface area contributed by atoms with Gasteiger partial charge in [-0.1, -0.05) is 0 Å². The molecule has 2 rings (SSSR count). The molecule has 0 atom stereocenters. The molecule has 0 aromatic carbocycles. The number of sulfonamides is 1. The molecule has 0 spiro atoms. The van der Waals surface area contributed by atoms with Crippen LogP contribution in [0.15, 0.2) is 24.5 Å². The largest absolute Gasteiger partial charge is 0.486 e. The normalized spacial score (nSPS) is 18.1. The van der Waals surface area contributed by atoms with Gasteiger partial charge in [0.1, 0.15) is 11.9 Å². The van der Waals surface area contributed by atoms with Crippen LogP contribution in [0.1, 0.15) is 13.8 Å². The van der Waals surface area contributed by atoms with Crippen molar-refractivity contribution in [3.63, 3.8) is 0 Å². The molecule has 0 aliphatic carbocycles. The van der Waals surface area contributed by atoms with E-state index in [0.29, 0.717) is 18.8 Å². The van der Waals surface area contributed by atoms with Gasteiger partial charge in [-0.25, -0.2) is 8.42 Å². The van der Waals surface area contributed by atoms with Gasteiger partial charge in [-0.3, -0.25) is 4.98 Å². The lowest BCUT2D eigenvalue weighted by Crippen LogP contribution is -2.57. The minimum absolute atomic E-state index is 0.0623. The first-order valence-corrected chi connectivity index (χ1v) is 7.06. The highest BCUT2D eigenvalue weighted by Gasteiger charge is 2.38. The maximum Gasteiger partial charge on any atom is 0.216 e. The molecule has 0 bridgehead atoms. The molecule has 1 aliphatic heterocycles. The second kappa shape index (κ2) is 4.62. The van der Waals surface area contributed by atoms with Crippen LogP contribution in [-0.4, -0.2) is 42.2 Å². The van der Waals surface area contributed by atoms with Crippen LogP contribution in [0.5, 0.6) is 5.75 Å². The summed E-state index contributed by atoms with van der Waals surface area (Å²) >= 11 is 0. The van der Waals surface area contributed by atoms with Crippen LogP contribution < -0.4 is 4.74 Å². The van der Waals surface area contributed by atoms with Crippen LogP contribution in [0.3, 0.4) is 0 Å². The summed E-state index contributed by atoms with van der Waals surface area (Å²) in [6, 6.07) is 3.60. The van der Waals surface area contributed by atoms with E-state index in [0.717, 1.165) is 0 Å². The van der Waals surface area contributed by atoms with Crippen molar-refractivity contribution in [1.82, 2.24) is 9.29 Å². The lowest BCUT2D eigenvalue weighted by atomic mass is 10.2. The van der Waals surface area contributed by atoms with Crippen molar-refractivity contribution in [3.05, 3.63) is 24.5 Å². The summed E-state index contributed by atoms with van der Waals surface area (Å²) in [5, 5.41) is -0.373. The maximum absolute atomic E-state index is 11.8. The molecular weight excluding hydrogens is 240 g/mol. The van der Waals surface area contributed by atoms with E-state index in [1.165, 1.54) is 4.31 Å². The molecule has 1 aliphatic rings. The fourth-order valence-corrected chi connectivity index (χ4v) is 2.93. The zero-order valence-corrected chi connectivity index (χ0v) is 10.7. The number of nitrogens with zero attached hydrogens (tertiary/aromatic N) is 2. The van der Waals surface area contributed by atoms with Gasteiger partial charge in [0, 0.05) is 6.20 Å². The van der Waals surface area contributed by atoms with Crippen molar-refractivity contribution < 1.29 is 13.2 Å². The van der Waals surface area contributed by atoms with Gasteiger partial charge in [-0.2, -0.15) is 4.31 Å². The van der Waals surface area contributed by atoms with Crippen molar-refractivity contribution in [2.75, 3.05) is 13.1 Å². The van der Waals surface area contributed by atoms with Crippen molar-refractivity contribution in [3.8, 4) is 5.75 Å². The van der Waals surface area contributed by atoms with Crippen molar-refractivity contribution in [2.24, 2.45) is 0 Å². The standard InChI is InChI=1S/C11H16N2O3S/c1-9(2)17(14,15)13-7-11(8-13)16-10-4-3-5-12-6-10/h3-6,9,11H,7-8H2,1-2H3. The van der Waals surface area contributed by atoms with Crippen LogP contribution in [0, 0.1) is 0 Å². The summed E-state index contributed by atoms with van der Waals surface area (Å²) in [7, 11) is -3.13. The van der Waals surface area contributed by atoms with Crippen LogP contribution in [0.4, 0.5) is 0 Å². The summed E-state index contributed by atoms with van der Waals surface area (Å²) in [6.07, 6.45) is 3.23. The Morgan fingerprint density at radius 2 is 2.18 bits per heavy atom. The molecule has 1 aromatic rings. The van der Waals surface area contributed by atoms with Crippen LogP contribution in [-0.2, 0) is 10.0 Å². The van der Waals surface area contributed by atoms with Gasteiger partial charge < -0.3 is 4.74 Å². The third kappa shape index (κ3) is 2.58. The Morgan fingerprint density at radius 1 is 1.47 bits per heavy atom. The van der Waals surface area contributed by atoms with Crippen molar-refractivity contribution in [2.45, 2.75) is 25.2 Å². The third-order valence-electron chi connectivity index (χ3n) is 2.71. The molecule has 94 valence electrons. The van der Waals surface area contributed by atoms with E-state index in [9.17, 15) is 8.42 Å². The second-order valence-electron chi connectivity index (χ2n) is 4.34. The number of aromatic nitrogens is 1. The average molecular weight is 256 g/mol. The molecule has 0 radical (unpaired) electrons. The summed E-state index contributed by atoms with van der Waals surface area (Å²) in [5.74, 6) is 0.680. The first kappa shape index (κ1) is 12.3. The highest BCUT2D eigenvalue weighted by molar-refractivity contribution is 7.89. The van der Waals surface area contributed by atoms with E-state index < -0.39 is 10.0 Å². The molecule has 1 aromatic heterocycles. The fraction of sp³-hybridized carbons (Fsp3) is 0.545. The first-order chi connectivity index (χ1) is 8.00. The lowest BCUT2D eigenvalue weighted by Gasteiger charge is -2.38. The quantitative estimate of drug-likeness (QED) is 0.802. The predicted molar refractivity (Wildman–Crippen MR) is 64.3 cm³/mol. The molecule has 17 heavy (non-hydrogen) atoms. The van der Waals surface area contributed by atoms with Crippen LogP contribution >= 0.6 is 0 Å². The van der Waals surface area contributed by atoms with Gasteiger partial charge in [0.15, 0.2) is 0 Å². The average Bonchev–Trinajstić information content (AvgIpc) is 2.23. The lowest BCUT2D eigenvalue weighted by molar-refractivity contribution is 0.0754. The molecule has 1 fully saturated rings. The smallest absolute Gasteiger partial charge is 0.216 e. The van der Waals surface area contributed by atoms with E-state index >= 15 is 0 Å². The molecule has 0 N–H and O–H groups in total. The van der Waals surface area contributed by atoms with E-state index in [1.54, 1.807) is 32.3 Å². The molecule has 0 amide bonds. The summed E-state index contributed by atoms with van der Waals surface area (Å²) in [5.41, 5.74) is 0. The number of ether oxygens (including phenoxy) is 1. The molecule has 6 heteroatoms. The first-order valence-electron chi connectivity index (χ1n) is 5.56. The minimum Gasteiger partial charge on any atom is -0.486 e. The Morgan fingerprint density at radius 3 is 2.71 bits per heavy atom. The Hall–Kier alpha value is -1.14. The number of rotatable bonds is 4. The Kier molecular flexibility index (Phi) is 3.35. The second-order valence-corrected chi connectivity index (χ2v) is 6.83. The molecule has 1 saturated heterocycles. The highest BCUT2D eigenvalue weighted by atomic mass is 32.2. The van der Waals surface area contributed by atoms with E-state index in [1.807, 2.05) is 6.07 Å². The zero-order chi connectivity index (χ0) is 12.5. The molecule has 0 unspecified atom stereocenters. The molecule has 0 saturated carbocycles. The van der Waals surface area contributed by atoms with Gasteiger partial charge in [0.25, 0.3) is 0 Å². The maximum atomic E-state index is 11.8. The number of hydrogen-bond donors (Lipinski definition) is 0. The summed E-state index contributed by atoms with van der Waals surface area (Å²) in [4.78, 5) is 3.94. The van der Waals surface area contributed by atoms with Gasteiger partial charge in [-0.05, 0) is 26.0 Å². The van der Waals surface area contributed by atoms with E-state index in [4.69, 9.17) is 4.74 Å². The Bertz CT molecular complexity index is 467. The topological polar surface area (TPSA) is 59.5 Å².